The second-order valence-electron chi connectivity index (χ2n) is 4.09. The molecular formula is C13H13IO2. The van der Waals surface area contributed by atoms with E-state index >= 15 is 0 Å². The summed E-state index contributed by atoms with van der Waals surface area (Å²) in [5.41, 5.74) is 1.08. The Balaban J connectivity index is 2.21. The van der Waals surface area contributed by atoms with Crippen LogP contribution in [0.25, 0.3) is 0 Å². The first-order valence-electron chi connectivity index (χ1n) is 5.07. The van der Waals surface area contributed by atoms with E-state index in [0.717, 1.165) is 11.1 Å². The van der Waals surface area contributed by atoms with Crippen LogP contribution in [0.2, 0.25) is 0 Å². The zero-order valence-corrected chi connectivity index (χ0v) is 11.1. The molecule has 1 heterocycles. The summed E-state index contributed by atoms with van der Waals surface area (Å²) in [4.78, 5) is 0. The maximum atomic E-state index is 10.4. The van der Waals surface area contributed by atoms with Crippen LogP contribution in [0.1, 0.15) is 18.1 Å². The van der Waals surface area contributed by atoms with Gasteiger partial charge in [-0.05, 0) is 58.8 Å². The second-order valence-corrected chi connectivity index (χ2v) is 5.33. The highest BCUT2D eigenvalue weighted by Gasteiger charge is 2.23. The van der Waals surface area contributed by atoms with Gasteiger partial charge in [0.2, 0.25) is 0 Å². The van der Waals surface area contributed by atoms with Crippen molar-refractivity contribution in [2.24, 2.45) is 0 Å². The predicted octanol–water partition coefficient (Wildman–Crippen LogP) is 3.33. The molecule has 0 radical (unpaired) electrons. The highest BCUT2D eigenvalue weighted by atomic mass is 127. The Kier molecular flexibility index (Phi) is 3.35. The van der Waals surface area contributed by atoms with Crippen molar-refractivity contribution in [1.82, 2.24) is 0 Å². The van der Waals surface area contributed by atoms with E-state index < -0.39 is 5.60 Å². The molecule has 0 aliphatic carbocycles. The van der Waals surface area contributed by atoms with Crippen LogP contribution >= 0.6 is 22.6 Å². The first-order chi connectivity index (χ1) is 7.58. The van der Waals surface area contributed by atoms with Gasteiger partial charge in [-0.15, -0.1) is 0 Å². The maximum Gasteiger partial charge on any atom is 0.0935 e. The zero-order valence-electron chi connectivity index (χ0n) is 8.98. The third-order valence-corrected chi connectivity index (χ3v) is 3.31. The number of benzene rings is 1. The average molecular weight is 328 g/mol. The van der Waals surface area contributed by atoms with Crippen LogP contribution < -0.4 is 0 Å². The van der Waals surface area contributed by atoms with E-state index in [-0.39, 0.29) is 0 Å². The topological polar surface area (TPSA) is 33.4 Å². The van der Waals surface area contributed by atoms with Crippen LogP contribution in [0, 0.1) is 3.57 Å². The molecule has 1 N–H and O–H groups in total. The van der Waals surface area contributed by atoms with E-state index in [2.05, 4.69) is 22.6 Å². The Morgan fingerprint density at radius 3 is 2.50 bits per heavy atom. The number of halogens is 1. The highest BCUT2D eigenvalue weighted by Crippen LogP contribution is 2.25. The summed E-state index contributed by atoms with van der Waals surface area (Å²) < 4.78 is 6.17. The van der Waals surface area contributed by atoms with Gasteiger partial charge in [-0.1, -0.05) is 12.1 Å². The van der Waals surface area contributed by atoms with Crippen molar-refractivity contribution in [3.8, 4) is 0 Å². The van der Waals surface area contributed by atoms with Gasteiger partial charge in [0.15, 0.2) is 0 Å². The quantitative estimate of drug-likeness (QED) is 0.877. The standard InChI is InChI=1S/C13H13IO2/c1-13(15,8-10-6-7-16-9-10)11-2-4-12(14)5-3-11/h2-7,9,15H,8H2,1H3. The molecule has 0 saturated heterocycles. The molecule has 0 aliphatic rings. The summed E-state index contributed by atoms with van der Waals surface area (Å²) in [6.45, 7) is 1.82. The molecule has 2 rings (SSSR count). The van der Waals surface area contributed by atoms with E-state index in [1.807, 2.05) is 37.3 Å². The Hall–Kier alpha value is -0.810. The van der Waals surface area contributed by atoms with Crippen molar-refractivity contribution in [3.63, 3.8) is 0 Å². The van der Waals surface area contributed by atoms with Crippen LogP contribution in [0.4, 0.5) is 0 Å². The third-order valence-electron chi connectivity index (χ3n) is 2.59. The van der Waals surface area contributed by atoms with Crippen molar-refractivity contribution < 1.29 is 9.52 Å². The molecule has 0 aliphatic heterocycles. The molecule has 3 heteroatoms. The lowest BCUT2D eigenvalue weighted by atomic mass is 9.90. The number of aliphatic hydroxyl groups is 1. The Morgan fingerprint density at radius 1 is 1.25 bits per heavy atom. The molecule has 0 spiro atoms. The molecule has 2 nitrogen and oxygen atoms in total. The molecule has 0 bridgehead atoms. The lowest BCUT2D eigenvalue weighted by molar-refractivity contribution is 0.0574. The lowest BCUT2D eigenvalue weighted by Crippen LogP contribution is -2.23. The molecule has 1 atom stereocenters. The summed E-state index contributed by atoms with van der Waals surface area (Å²) >= 11 is 2.25. The van der Waals surface area contributed by atoms with Crippen molar-refractivity contribution in [1.29, 1.82) is 0 Å². The van der Waals surface area contributed by atoms with E-state index in [0.29, 0.717) is 6.42 Å². The molecular weight excluding hydrogens is 315 g/mol. The fourth-order valence-electron chi connectivity index (χ4n) is 1.70. The number of hydrogen-bond acceptors (Lipinski definition) is 2. The van der Waals surface area contributed by atoms with Gasteiger partial charge in [0.1, 0.15) is 0 Å². The molecule has 1 aromatic carbocycles. The Morgan fingerprint density at radius 2 is 1.94 bits per heavy atom. The average Bonchev–Trinajstić information content (AvgIpc) is 2.70. The molecule has 16 heavy (non-hydrogen) atoms. The first-order valence-corrected chi connectivity index (χ1v) is 6.15. The van der Waals surface area contributed by atoms with E-state index in [9.17, 15) is 5.11 Å². The third kappa shape index (κ3) is 2.65. The molecule has 0 saturated carbocycles. The summed E-state index contributed by atoms with van der Waals surface area (Å²) in [7, 11) is 0. The maximum absolute atomic E-state index is 10.4. The van der Waals surface area contributed by atoms with E-state index in [4.69, 9.17) is 4.42 Å². The van der Waals surface area contributed by atoms with Gasteiger partial charge in [-0.3, -0.25) is 0 Å². The normalized spacial score (nSPS) is 14.7. The van der Waals surface area contributed by atoms with Crippen LogP contribution in [0.15, 0.2) is 47.3 Å². The fourth-order valence-corrected chi connectivity index (χ4v) is 2.06. The minimum Gasteiger partial charge on any atom is -0.472 e. The Bertz CT molecular complexity index is 443. The van der Waals surface area contributed by atoms with Gasteiger partial charge < -0.3 is 9.52 Å². The number of furan rings is 1. The van der Waals surface area contributed by atoms with Gasteiger partial charge in [-0.2, -0.15) is 0 Å². The minimum absolute atomic E-state index is 0.560. The first kappa shape index (κ1) is 11.7. The molecule has 84 valence electrons. The van der Waals surface area contributed by atoms with E-state index in [1.54, 1.807) is 12.5 Å². The van der Waals surface area contributed by atoms with Crippen molar-refractivity contribution >= 4 is 22.6 Å². The smallest absolute Gasteiger partial charge is 0.0935 e. The SMILES string of the molecule is CC(O)(Cc1ccoc1)c1ccc(I)cc1. The predicted molar refractivity (Wildman–Crippen MR) is 71.1 cm³/mol. The van der Waals surface area contributed by atoms with Gasteiger partial charge in [0.25, 0.3) is 0 Å². The number of hydrogen-bond donors (Lipinski definition) is 1. The van der Waals surface area contributed by atoms with Crippen molar-refractivity contribution in [3.05, 3.63) is 57.6 Å². The van der Waals surface area contributed by atoms with Crippen LogP contribution in [-0.4, -0.2) is 5.11 Å². The molecule has 1 aromatic heterocycles. The van der Waals surface area contributed by atoms with E-state index in [1.165, 1.54) is 3.57 Å². The van der Waals surface area contributed by atoms with Gasteiger partial charge in [0.05, 0.1) is 18.1 Å². The second kappa shape index (κ2) is 4.59. The fraction of sp³-hybridized carbons (Fsp3) is 0.231. The van der Waals surface area contributed by atoms with Crippen LogP contribution in [-0.2, 0) is 12.0 Å². The molecule has 0 amide bonds. The molecule has 2 aromatic rings. The largest absolute Gasteiger partial charge is 0.472 e. The summed E-state index contributed by atoms with van der Waals surface area (Å²) in [5, 5.41) is 10.4. The summed E-state index contributed by atoms with van der Waals surface area (Å²) in [6.07, 6.45) is 3.85. The lowest BCUT2D eigenvalue weighted by Gasteiger charge is -2.23. The van der Waals surface area contributed by atoms with Gasteiger partial charge >= 0.3 is 0 Å². The van der Waals surface area contributed by atoms with Crippen molar-refractivity contribution in [2.75, 3.05) is 0 Å². The van der Waals surface area contributed by atoms with Gasteiger partial charge in [0, 0.05) is 9.99 Å². The summed E-state index contributed by atoms with van der Waals surface area (Å²) in [6, 6.07) is 9.80. The van der Waals surface area contributed by atoms with Crippen LogP contribution in [0.3, 0.4) is 0 Å². The monoisotopic (exact) mass is 328 g/mol. The zero-order chi connectivity index (χ0) is 11.6. The number of rotatable bonds is 3. The van der Waals surface area contributed by atoms with Gasteiger partial charge in [-0.25, -0.2) is 0 Å². The minimum atomic E-state index is -0.853. The molecule has 0 fully saturated rings. The molecule has 1 unspecified atom stereocenters. The highest BCUT2D eigenvalue weighted by molar-refractivity contribution is 14.1. The Labute approximate surface area is 108 Å². The van der Waals surface area contributed by atoms with Crippen molar-refractivity contribution in [2.45, 2.75) is 18.9 Å². The summed E-state index contributed by atoms with van der Waals surface area (Å²) in [5.74, 6) is 0. The van der Waals surface area contributed by atoms with Crippen LogP contribution in [0.5, 0.6) is 0 Å².